The number of carbonyl (C=O) groups is 2. The molecule has 0 unspecified atom stereocenters. The number of nitrogens with zero attached hydrogens (tertiary/aromatic N) is 1. The van der Waals surface area contributed by atoms with Gasteiger partial charge < -0.3 is 0 Å². The lowest BCUT2D eigenvalue weighted by Gasteiger charge is -2.13. The molecule has 0 atom stereocenters. The van der Waals surface area contributed by atoms with E-state index in [-0.39, 0.29) is 11.8 Å². The molecule has 0 spiro atoms. The van der Waals surface area contributed by atoms with Gasteiger partial charge in [0.2, 0.25) is 0 Å². The van der Waals surface area contributed by atoms with Crippen molar-refractivity contribution in [2.24, 2.45) is 0 Å². The normalized spacial score (nSPS) is 16.6. The SMILES string of the molecule is CC1=C(C)C(=O)N(Cc2ccc(Br)s2)C1=O. The molecule has 2 heterocycles. The fourth-order valence-electron chi connectivity index (χ4n) is 1.55. The quantitative estimate of drug-likeness (QED) is 0.788. The van der Waals surface area contributed by atoms with Crippen molar-refractivity contribution in [2.45, 2.75) is 20.4 Å². The van der Waals surface area contributed by atoms with E-state index in [1.165, 1.54) is 16.2 Å². The number of imide groups is 1. The Kier molecular flexibility index (Phi) is 2.99. The third-order valence-corrected chi connectivity index (χ3v) is 4.25. The molecule has 1 aromatic rings. The van der Waals surface area contributed by atoms with Crippen LogP contribution in [0.25, 0.3) is 0 Å². The third-order valence-electron chi connectivity index (χ3n) is 2.64. The molecular formula is C11H10BrNO2S. The van der Waals surface area contributed by atoms with Gasteiger partial charge in [0, 0.05) is 16.0 Å². The molecule has 5 heteroatoms. The molecule has 0 saturated heterocycles. The van der Waals surface area contributed by atoms with Gasteiger partial charge in [-0.25, -0.2) is 0 Å². The Hall–Kier alpha value is -0.940. The van der Waals surface area contributed by atoms with Gasteiger partial charge in [0.15, 0.2) is 0 Å². The molecule has 0 aliphatic carbocycles. The number of halogens is 1. The van der Waals surface area contributed by atoms with Crippen molar-refractivity contribution < 1.29 is 9.59 Å². The van der Waals surface area contributed by atoms with Crippen molar-refractivity contribution in [1.82, 2.24) is 4.90 Å². The molecule has 2 rings (SSSR count). The average Bonchev–Trinajstić information content (AvgIpc) is 2.73. The first kappa shape index (κ1) is 11.5. The largest absolute Gasteiger partial charge is 0.270 e. The fourth-order valence-corrected chi connectivity index (χ4v) is 3.03. The highest BCUT2D eigenvalue weighted by atomic mass is 79.9. The maximum atomic E-state index is 11.8. The predicted octanol–water partition coefficient (Wildman–Crippen LogP) is 2.72. The van der Waals surface area contributed by atoms with Gasteiger partial charge in [-0.15, -0.1) is 11.3 Å². The van der Waals surface area contributed by atoms with Crippen LogP contribution in [0.4, 0.5) is 0 Å². The molecule has 0 fully saturated rings. The number of hydrogen-bond acceptors (Lipinski definition) is 3. The summed E-state index contributed by atoms with van der Waals surface area (Å²) in [6, 6.07) is 3.83. The molecule has 16 heavy (non-hydrogen) atoms. The molecule has 0 radical (unpaired) electrons. The molecule has 0 aromatic carbocycles. The molecule has 0 bridgehead atoms. The second-order valence-electron chi connectivity index (χ2n) is 3.65. The van der Waals surface area contributed by atoms with Gasteiger partial charge >= 0.3 is 0 Å². The number of carbonyl (C=O) groups excluding carboxylic acids is 2. The van der Waals surface area contributed by atoms with Crippen molar-refractivity contribution in [3.8, 4) is 0 Å². The maximum absolute atomic E-state index is 11.8. The number of hydrogen-bond donors (Lipinski definition) is 0. The molecule has 2 amide bonds. The van der Waals surface area contributed by atoms with E-state index in [0.29, 0.717) is 17.7 Å². The first-order valence-electron chi connectivity index (χ1n) is 4.78. The van der Waals surface area contributed by atoms with Crippen LogP contribution in [-0.2, 0) is 16.1 Å². The van der Waals surface area contributed by atoms with Crippen LogP contribution < -0.4 is 0 Å². The van der Waals surface area contributed by atoms with Crippen LogP contribution >= 0.6 is 27.3 Å². The van der Waals surface area contributed by atoms with Gasteiger partial charge in [0.05, 0.1) is 10.3 Å². The van der Waals surface area contributed by atoms with Crippen molar-refractivity contribution in [2.75, 3.05) is 0 Å². The number of amides is 2. The predicted molar refractivity (Wildman–Crippen MR) is 66.0 cm³/mol. The Morgan fingerprint density at radius 1 is 1.19 bits per heavy atom. The zero-order valence-electron chi connectivity index (χ0n) is 8.91. The average molecular weight is 300 g/mol. The summed E-state index contributed by atoms with van der Waals surface area (Å²) in [4.78, 5) is 25.8. The van der Waals surface area contributed by atoms with Crippen LogP contribution in [0.1, 0.15) is 18.7 Å². The minimum absolute atomic E-state index is 0.174. The van der Waals surface area contributed by atoms with Crippen molar-refractivity contribution in [3.05, 3.63) is 31.9 Å². The zero-order valence-corrected chi connectivity index (χ0v) is 11.3. The summed E-state index contributed by atoms with van der Waals surface area (Å²) < 4.78 is 1.00. The molecule has 1 aliphatic heterocycles. The molecule has 0 saturated carbocycles. The highest BCUT2D eigenvalue weighted by Crippen LogP contribution is 2.27. The summed E-state index contributed by atoms with van der Waals surface area (Å²) in [7, 11) is 0. The van der Waals surface area contributed by atoms with Crippen molar-refractivity contribution in [1.29, 1.82) is 0 Å². The van der Waals surface area contributed by atoms with E-state index in [1.54, 1.807) is 13.8 Å². The third kappa shape index (κ3) is 1.85. The Morgan fingerprint density at radius 3 is 2.19 bits per heavy atom. The molecular weight excluding hydrogens is 290 g/mol. The van der Waals surface area contributed by atoms with Gasteiger partial charge in [-0.3, -0.25) is 14.5 Å². The van der Waals surface area contributed by atoms with Gasteiger partial charge in [0.1, 0.15) is 0 Å². The van der Waals surface area contributed by atoms with E-state index >= 15 is 0 Å². The summed E-state index contributed by atoms with van der Waals surface area (Å²) in [5, 5.41) is 0. The standard InChI is InChI=1S/C11H10BrNO2S/c1-6-7(2)11(15)13(10(6)14)5-8-3-4-9(12)16-8/h3-4H,5H2,1-2H3. The summed E-state index contributed by atoms with van der Waals surface area (Å²) in [6.07, 6.45) is 0. The Labute approximate surface area is 106 Å². The van der Waals surface area contributed by atoms with Crippen LogP contribution in [0.5, 0.6) is 0 Å². The van der Waals surface area contributed by atoms with Crippen LogP contribution in [0.3, 0.4) is 0 Å². The second kappa shape index (κ2) is 4.14. The molecule has 1 aliphatic rings. The fraction of sp³-hybridized carbons (Fsp3) is 0.273. The second-order valence-corrected chi connectivity index (χ2v) is 6.20. The highest BCUT2D eigenvalue weighted by Gasteiger charge is 2.33. The van der Waals surface area contributed by atoms with Gasteiger partial charge in [-0.1, -0.05) is 0 Å². The summed E-state index contributed by atoms with van der Waals surface area (Å²) in [5.74, 6) is -0.348. The van der Waals surface area contributed by atoms with E-state index < -0.39 is 0 Å². The van der Waals surface area contributed by atoms with E-state index in [0.717, 1.165) is 8.66 Å². The summed E-state index contributed by atoms with van der Waals surface area (Å²) in [6.45, 7) is 3.75. The smallest absolute Gasteiger partial charge is 0.257 e. The summed E-state index contributed by atoms with van der Waals surface area (Å²) >= 11 is 4.89. The number of rotatable bonds is 2. The Bertz CT molecular complexity index is 480. The lowest BCUT2D eigenvalue weighted by molar-refractivity contribution is -0.138. The first-order valence-corrected chi connectivity index (χ1v) is 6.39. The molecule has 3 nitrogen and oxygen atoms in total. The van der Waals surface area contributed by atoms with Gasteiger partial charge in [-0.05, 0) is 41.9 Å². The van der Waals surface area contributed by atoms with Crippen LogP contribution in [0, 0.1) is 0 Å². The Morgan fingerprint density at radius 2 is 1.75 bits per heavy atom. The maximum Gasteiger partial charge on any atom is 0.257 e. The van der Waals surface area contributed by atoms with Crippen LogP contribution in [0.2, 0.25) is 0 Å². The van der Waals surface area contributed by atoms with Gasteiger partial charge in [-0.2, -0.15) is 0 Å². The van der Waals surface area contributed by atoms with Crippen molar-refractivity contribution >= 4 is 39.1 Å². The molecule has 84 valence electrons. The zero-order chi connectivity index (χ0) is 11.9. The van der Waals surface area contributed by atoms with Gasteiger partial charge in [0.25, 0.3) is 11.8 Å². The number of thiophene rings is 1. The van der Waals surface area contributed by atoms with E-state index in [4.69, 9.17) is 0 Å². The van der Waals surface area contributed by atoms with E-state index in [9.17, 15) is 9.59 Å². The van der Waals surface area contributed by atoms with Crippen molar-refractivity contribution in [3.63, 3.8) is 0 Å². The highest BCUT2D eigenvalue weighted by molar-refractivity contribution is 9.11. The van der Waals surface area contributed by atoms with Crippen LogP contribution in [0.15, 0.2) is 27.1 Å². The monoisotopic (exact) mass is 299 g/mol. The minimum atomic E-state index is -0.174. The Balaban J connectivity index is 2.20. The lowest BCUT2D eigenvalue weighted by atomic mass is 10.2. The lowest BCUT2D eigenvalue weighted by Crippen LogP contribution is -2.30. The van der Waals surface area contributed by atoms with E-state index in [1.807, 2.05) is 12.1 Å². The molecule has 1 aromatic heterocycles. The topological polar surface area (TPSA) is 37.4 Å². The van der Waals surface area contributed by atoms with Crippen LogP contribution in [-0.4, -0.2) is 16.7 Å². The minimum Gasteiger partial charge on any atom is -0.270 e. The van der Waals surface area contributed by atoms with E-state index in [2.05, 4.69) is 15.9 Å². The summed E-state index contributed by atoms with van der Waals surface area (Å²) in [5.41, 5.74) is 1.11. The first-order chi connectivity index (χ1) is 7.50. The molecule has 0 N–H and O–H groups in total.